The van der Waals surface area contributed by atoms with Crippen LogP contribution in [-0.4, -0.2) is 79.3 Å². The summed E-state index contributed by atoms with van der Waals surface area (Å²) in [5, 5.41) is 0.601. The van der Waals surface area contributed by atoms with Crippen LogP contribution in [0.25, 0.3) is 0 Å². The van der Waals surface area contributed by atoms with Crippen LogP contribution in [0.1, 0.15) is 73.3 Å². The zero-order chi connectivity index (χ0) is 34.5. The molecule has 4 aliphatic heterocycles. The van der Waals surface area contributed by atoms with Crippen LogP contribution >= 0.6 is 0 Å². The highest BCUT2D eigenvalue weighted by atomic mass is 16.7. The Kier molecular flexibility index (Phi) is 7.69. The van der Waals surface area contributed by atoms with E-state index in [1.165, 1.54) is 36.4 Å². The number of hydrogen-bond donors (Lipinski definition) is 0. The Hall–Kier alpha value is -6.18. The lowest BCUT2D eigenvalue weighted by Crippen LogP contribution is -2.33. The number of nitrogens with zero attached hydrogens (tertiary/aromatic N) is 2. The van der Waals surface area contributed by atoms with Gasteiger partial charge in [0.05, 0.1) is 52.3 Å². The van der Waals surface area contributed by atoms with E-state index in [0.29, 0.717) is 35.8 Å². The summed E-state index contributed by atoms with van der Waals surface area (Å²) in [5.41, 5.74) is 2.10. The van der Waals surface area contributed by atoms with Crippen LogP contribution < -0.4 is 9.74 Å². The molecule has 0 saturated carbocycles. The first kappa shape index (κ1) is 31.1. The van der Waals surface area contributed by atoms with Crippen molar-refractivity contribution in [3.63, 3.8) is 0 Å². The monoisotopic (exact) mass is 674 g/mol. The maximum Gasteiger partial charge on any atom is 0.340 e. The van der Waals surface area contributed by atoms with Crippen molar-refractivity contribution < 1.29 is 52.6 Å². The maximum atomic E-state index is 13.8. The lowest BCUT2D eigenvalue weighted by Gasteiger charge is -2.19. The number of rotatable bonds is 11. The second-order valence-electron chi connectivity index (χ2n) is 12.0. The molecule has 8 rings (SSSR count). The number of fused-ring (bicyclic) bond motifs is 2. The van der Waals surface area contributed by atoms with E-state index in [2.05, 4.69) is 0 Å². The number of carbonyl (C=O) groups excluding carboxylic acids is 6. The standard InChI is InChI=1S/C37H26N2O11/c40-32-28-10-9-23(50-39-34(42)26-6-1-2-7-27(26)35(39)43)15-29(28)33(41)38(32)31-11-8-21(14-30(31)37(45)49-19-25-17-47-25)12-20-4-3-5-22(13-20)36(44)48-18-24-16-46-24/h1-11,13-15,24-25H,12,16-19H2. The first-order chi connectivity index (χ1) is 24.2. The molecule has 0 radical (unpaired) electrons. The van der Waals surface area contributed by atoms with Gasteiger partial charge in [-0.05, 0) is 72.1 Å². The van der Waals surface area contributed by atoms with Gasteiger partial charge in [0.25, 0.3) is 23.6 Å². The Bertz CT molecular complexity index is 2100. The molecule has 50 heavy (non-hydrogen) atoms. The third-order valence-corrected chi connectivity index (χ3v) is 8.51. The average molecular weight is 675 g/mol. The van der Waals surface area contributed by atoms with E-state index >= 15 is 0 Å². The van der Waals surface area contributed by atoms with Gasteiger partial charge in [-0.15, -0.1) is 0 Å². The quantitative estimate of drug-likeness (QED) is 0.129. The summed E-state index contributed by atoms with van der Waals surface area (Å²) in [6, 6.07) is 21.9. The third-order valence-electron chi connectivity index (χ3n) is 8.51. The molecule has 13 heteroatoms. The number of ether oxygens (including phenoxy) is 4. The number of imide groups is 2. The zero-order valence-electron chi connectivity index (χ0n) is 26.2. The van der Waals surface area contributed by atoms with Gasteiger partial charge in [0.15, 0.2) is 5.75 Å². The largest absolute Gasteiger partial charge is 0.459 e. The molecular formula is C37H26N2O11. The van der Waals surface area contributed by atoms with Crippen molar-refractivity contribution in [2.45, 2.75) is 18.6 Å². The van der Waals surface area contributed by atoms with Gasteiger partial charge in [-0.2, -0.15) is 0 Å². The number of carbonyl (C=O) groups is 6. The SMILES string of the molecule is O=C(OCC1CO1)c1cccc(Cc2ccc(N3C(=O)c4ccc(ON5C(=O)c6ccccc6C5=O)cc4C3=O)c(C(=O)OCC3CO3)c2)c1. The van der Waals surface area contributed by atoms with Crippen LogP contribution in [0.4, 0.5) is 5.69 Å². The minimum Gasteiger partial charge on any atom is -0.459 e. The minimum absolute atomic E-state index is 0.000813. The lowest BCUT2D eigenvalue weighted by atomic mass is 9.99. The van der Waals surface area contributed by atoms with Crippen LogP contribution in [0.5, 0.6) is 5.75 Å². The Morgan fingerprint density at radius 1 is 0.640 bits per heavy atom. The van der Waals surface area contributed by atoms with Crippen molar-refractivity contribution >= 4 is 41.3 Å². The molecular weight excluding hydrogens is 648 g/mol. The van der Waals surface area contributed by atoms with E-state index in [1.54, 1.807) is 42.5 Å². The van der Waals surface area contributed by atoms with Gasteiger partial charge in [0.1, 0.15) is 25.4 Å². The van der Waals surface area contributed by atoms with E-state index in [9.17, 15) is 28.8 Å². The van der Waals surface area contributed by atoms with Crippen molar-refractivity contribution in [3.05, 3.63) is 129 Å². The minimum atomic E-state index is -0.761. The molecule has 0 N–H and O–H groups in total. The highest BCUT2D eigenvalue weighted by Gasteiger charge is 2.41. The first-order valence-corrected chi connectivity index (χ1v) is 15.7. The zero-order valence-corrected chi connectivity index (χ0v) is 26.2. The second-order valence-corrected chi connectivity index (χ2v) is 12.0. The van der Waals surface area contributed by atoms with E-state index in [-0.39, 0.29) is 64.7 Å². The molecule has 2 unspecified atom stereocenters. The molecule has 4 aliphatic rings. The number of hydrogen-bond acceptors (Lipinski definition) is 11. The summed E-state index contributed by atoms with van der Waals surface area (Å²) in [4.78, 5) is 85.6. The normalized spacial score (nSPS) is 18.6. The fourth-order valence-corrected chi connectivity index (χ4v) is 5.77. The molecule has 4 aromatic carbocycles. The van der Waals surface area contributed by atoms with Crippen LogP contribution in [0, 0.1) is 0 Å². The first-order valence-electron chi connectivity index (χ1n) is 15.7. The van der Waals surface area contributed by atoms with Crippen molar-refractivity contribution in [3.8, 4) is 5.75 Å². The van der Waals surface area contributed by atoms with Gasteiger partial charge in [-0.3, -0.25) is 19.2 Å². The second kappa shape index (κ2) is 12.4. The average Bonchev–Trinajstić information content (AvgIpc) is 4.07. The maximum absolute atomic E-state index is 13.8. The van der Waals surface area contributed by atoms with Crippen LogP contribution in [0.15, 0.2) is 84.9 Å². The molecule has 13 nitrogen and oxygen atoms in total. The fourth-order valence-electron chi connectivity index (χ4n) is 5.77. The topological polar surface area (TPSA) is 162 Å². The van der Waals surface area contributed by atoms with Crippen molar-refractivity contribution in [2.75, 3.05) is 31.3 Å². The van der Waals surface area contributed by atoms with E-state index in [0.717, 1.165) is 10.5 Å². The van der Waals surface area contributed by atoms with Gasteiger partial charge >= 0.3 is 11.9 Å². The van der Waals surface area contributed by atoms with Crippen molar-refractivity contribution in [1.29, 1.82) is 0 Å². The Labute approximate surface area is 283 Å². The summed E-state index contributed by atoms with van der Waals surface area (Å²) < 4.78 is 21.0. The van der Waals surface area contributed by atoms with E-state index in [4.69, 9.17) is 23.8 Å². The summed E-state index contributed by atoms with van der Waals surface area (Å²) in [6.07, 6.45) is 0.0202. The Morgan fingerprint density at radius 3 is 1.94 bits per heavy atom. The van der Waals surface area contributed by atoms with E-state index < -0.39 is 35.6 Å². The molecule has 0 aromatic heterocycles. The number of amides is 4. The molecule has 0 aliphatic carbocycles. The number of benzene rings is 4. The Morgan fingerprint density at radius 2 is 1.26 bits per heavy atom. The molecule has 2 atom stereocenters. The number of anilines is 1. The van der Waals surface area contributed by atoms with Crippen LogP contribution in [-0.2, 0) is 25.4 Å². The molecule has 0 bridgehead atoms. The molecule has 4 amide bonds. The summed E-state index contributed by atoms with van der Waals surface area (Å²) in [6.45, 7) is 1.20. The Balaban J connectivity index is 1.05. The number of esters is 2. The third kappa shape index (κ3) is 5.88. The molecule has 0 spiro atoms. The lowest BCUT2D eigenvalue weighted by molar-refractivity contribution is -0.0141. The summed E-state index contributed by atoms with van der Waals surface area (Å²) >= 11 is 0. The molecule has 4 aromatic rings. The van der Waals surface area contributed by atoms with Crippen LogP contribution in [0.3, 0.4) is 0 Å². The van der Waals surface area contributed by atoms with Gasteiger partial charge < -0.3 is 23.8 Å². The number of hydroxylamine groups is 2. The highest BCUT2D eigenvalue weighted by Crippen LogP contribution is 2.35. The van der Waals surface area contributed by atoms with Gasteiger partial charge in [-0.1, -0.05) is 35.4 Å². The molecule has 250 valence electrons. The van der Waals surface area contributed by atoms with E-state index in [1.807, 2.05) is 6.07 Å². The van der Waals surface area contributed by atoms with Gasteiger partial charge in [0, 0.05) is 0 Å². The smallest absolute Gasteiger partial charge is 0.340 e. The highest BCUT2D eigenvalue weighted by molar-refractivity contribution is 6.35. The molecule has 4 heterocycles. The van der Waals surface area contributed by atoms with Gasteiger partial charge in [0.2, 0.25) is 0 Å². The number of epoxide rings is 2. The summed E-state index contributed by atoms with van der Waals surface area (Å²) in [5.74, 6) is -4.01. The fraction of sp³-hybridized carbons (Fsp3) is 0.189. The predicted molar refractivity (Wildman–Crippen MR) is 171 cm³/mol. The predicted octanol–water partition coefficient (Wildman–Crippen LogP) is 3.78. The van der Waals surface area contributed by atoms with Crippen molar-refractivity contribution in [2.24, 2.45) is 0 Å². The van der Waals surface area contributed by atoms with Crippen molar-refractivity contribution in [1.82, 2.24) is 5.06 Å². The van der Waals surface area contributed by atoms with Crippen LogP contribution in [0.2, 0.25) is 0 Å². The molecule has 2 fully saturated rings. The summed E-state index contributed by atoms with van der Waals surface area (Å²) in [7, 11) is 0. The van der Waals surface area contributed by atoms with Gasteiger partial charge in [-0.25, -0.2) is 14.5 Å². The molecule has 2 saturated heterocycles.